The van der Waals surface area contributed by atoms with Crippen LogP contribution in [0.5, 0.6) is 0 Å². The summed E-state index contributed by atoms with van der Waals surface area (Å²) < 4.78 is 39.1. The lowest BCUT2D eigenvalue weighted by molar-refractivity contribution is -0.196. The number of halogens is 3. The summed E-state index contributed by atoms with van der Waals surface area (Å²) in [6.45, 7) is 6.15. The van der Waals surface area contributed by atoms with Gasteiger partial charge < -0.3 is 5.32 Å². The normalized spacial score (nSPS) is 30.8. The minimum Gasteiger partial charge on any atom is -0.304 e. The molecule has 1 rings (SSSR count). The largest absolute Gasteiger partial charge is 0.406 e. The SMILES string of the molecule is CCCNC1(C(F)(F)F)CCC(C)(C)C1. The second kappa shape index (κ2) is 3.96. The fraction of sp³-hybridized carbons (Fsp3) is 1.00. The van der Waals surface area contributed by atoms with Gasteiger partial charge in [0.2, 0.25) is 0 Å². The third kappa shape index (κ3) is 2.65. The van der Waals surface area contributed by atoms with Gasteiger partial charge in [-0.15, -0.1) is 0 Å². The molecule has 0 aromatic carbocycles. The van der Waals surface area contributed by atoms with Gasteiger partial charge in [-0.05, 0) is 37.6 Å². The van der Waals surface area contributed by atoms with Gasteiger partial charge in [-0.25, -0.2) is 0 Å². The Kier molecular flexibility index (Phi) is 3.39. The van der Waals surface area contributed by atoms with Crippen molar-refractivity contribution in [2.24, 2.45) is 5.41 Å². The van der Waals surface area contributed by atoms with Crippen LogP contribution in [0.3, 0.4) is 0 Å². The quantitative estimate of drug-likeness (QED) is 0.772. The molecule has 0 heterocycles. The van der Waals surface area contributed by atoms with Crippen molar-refractivity contribution in [1.29, 1.82) is 0 Å². The maximum Gasteiger partial charge on any atom is 0.406 e. The van der Waals surface area contributed by atoms with Crippen LogP contribution in [0.4, 0.5) is 13.2 Å². The highest BCUT2D eigenvalue weighted by Crippen LogP contribution is 2.50. The zero-order valence-electron chi connectivity index (χ0n) is 9.67. The van der Waals surface area contributed by atoms with Gasteiger partial charge in [0.05, 0.1) is 0 Å². The third-order valence-corrected chi connectivity index (χ3v) is 3.26. The summed E-state index contributed by atoms with van der Waals surface area (Å²) in [5, 5.41) is 2.72. The number of nitrogens with one attached hydrogen (secondary N) is 1. The summed E-state index contributed by atoms with van der Waals surface area (Å²) in [5.74, 6) is 0. The van der Waals surface area contributed by atoms with Crippen molar-refractivity contribution in [3.8, 4) is 0 Å². The van der Waals surface area contributed by atoms with Crippen LogP contribution in [-0.2, 0) is 0 Å². The molecule has 1 aliphatic rings. The van der Waals surface area contributed by atoms with Crippen molar-refractivity contribution in [1.82, 2.24) is 5.32 Å². The molecule has 1 N–H and O–H groups in total. The average Bonchev–Trinajstić information content (AvgIpc) is 2.38. The Labute approximate surface area is 89.4 Å². The molecular formula is C11H20F3N. The van der Waals surface area contributed by atoms with E-state index in [1.165, 1.54) is 0 Å². The first-order chi connectivity index (χ1) is 6.72. The molecule has 1 atom stereocenters. The van der Waals surface area contributed by atoms with Gasteiger partial charge in [0.1, 0.15) is 5.54 Å². The molecule has 0 aliphatic heterocycles. The van der Waals surface area contributed by atoms with Crippen molar-refractivity contribution < 1.29 is 13.2 Å². The Balaban J connectivity index is 2.80. The fourth-order valence-electron chi connectivity index (χ4n) is 2.40. The lowest BCUT2D eigenvalue weighted by Crippen LogP contribution is -2.55. The van der Waals surface area contributed by atoms with Gasteiger partial charge in [0, 0.05) is 0 Å². The molecule has 4 heteroatoms. The molecule has 15 heavy (non-hydrogen) atoms. The van der Waals surface area contributed by atoms with Gasteiger partial charge in [0.25, 0.3) is 0 Å². The highest BCUT2D eigenvalue weighted by Gasteiger charge is 2.59. The molecule has 0 aromatic rings. The second-order valence-electron chi connectivity index (χ2n) is 5.35. The molecule has 1 fully saturated rings. The van der Waals surface area contributed by atoms with E-state index >= 15 is 0 Å². The monoisotopic (exact) mass is 223 g/mol. The van der Waals surface area contributed by atoms with Crippen molar-refractivity contribution in [2.75, 3.05) is 6.54 Å². The van der Waals surface area contributed by atoms with E-state index < -0.39 is 11.7 Å². The number of hydrogen-bond acceptors (Lipinski definition) is 1. The van der Waals surface area contributed by atoms with E-state index in [2.05, 4.69) is 5.32 Å². The van der Waals surface area contributed by atoms with Gasteiger partial charge in [0.15, 0.2) is 0 Å². The Hall–Kier alpha value is -0.250. The highest BCUT2D eigenvalue weighted by atomic mass is 19.4. The molecule has 0 saturated heterocycles. The van der Waals surface area contributed by atoms with Gasteiger partial charge in [-0.3, -0.25) is 0 Å². The molecular weight excluding hydrogens is 203 g/mol. The topological polar surface area (TPSA) is 12.0 Å². The highest BCUT2D eigenvalue weighted by molar-refractivity contribution is 5.04. The minimum atomic E-state index is -4.13. The number of rotatable bonds is 3. The van der Waals surface area contributed by atoms with Crippen LogP contribution >= 0.6 is 0 Å². The molecule has 0 aromatic heterocycles. The maximum atomic E-state index is 13.0. The molecule has 90 valence electrons. The van der Waals surface area contributed by atoms with Gasteiger partial charge >= 0.3 is 6.18 Å². The van der Waals surface area contributed by atoms with Crippen molar-refractivity contribution in [3.63, 3.8) is 0 Å². The Morgan fingerprint density at radius 3 is 2.13 bits per heavy atom. The first-order valence-electron chi connectivity index (χ1n) is 5.54. The van der Waals surface area contributed by atoms with E-state index in [9.17, 15) is 13.2 Å². The third-order valence-electron chi connectivity index (χ3n) is 3.26. The first kappa shape index (κ1) is 12.8. The predicted molar refractivity (Wildman–Crippen MR) is 54.7 cm³/mol. The Bertz CT molecular complexity index is 222. The van der Waals surface area contributed by atoms with Crippen LogP contribution in [0.15, 0.2) is 0 Å². The molecule has 1 unspecified atom stereocenters. The van der Waals surface area contributed by atoms with Gasteiger partial charge in [-0.1, -0.05) is 20.8 Å². The standard InChI is InChI=1S/C11H20F3N/c1-4-7-15-10(11(12,13)14)6-5-9(2,3)8-10/h15H,4-8H2,1-3H3. The lowest BCUT2D eigenvalue weighted by atomic mass is 9.87. The van der Waals surface area contributed by atoms with Crippen molar-refractivity contribution >= 4 is 0 Å². The molecule has 1 nitrogen and oxygen atoms in total. The summed E-state index contributed by atoms with van der Waals surface area (Å²) in [4.78, 5) is 0. The first-order valence-corrected chi connectivity index (χ1v) is 5.54. The molecule has 1 aliphatic carbocycles. The molecule has 0 bridgehead atoms. The molecule has 0 spiro atoms. The van der Waals surface area contributed by atoms with Crippen molar-refractivity contribution in [3.05, 3.63) is 0 Å². The van der Waals surface area contributed by atoms with E-state index in [0.29, 0.717) is 13.0 Å². The van der Waals surface area contributed by atoms with E-state index in [4.69, 9.17) is 0 Å². The predicted octanol–water partition coefficient (Wildman–Crippen LogP) is 3.50. The molecule has 0 radical (unpaired) electrons. The Morgan fingerprint density at radius 1 is 1.20 bits per heavy atom. The fourth-order valence-corrected chi connectivity index (χ4v) is 2.40. The summed E-state index contributed by atoms with van der Waals surface area (Å²) in [5.41, 5.74) is -1.83. The number of alkyl halides is 3. The van der Waals surface area contributed by atoms with Crippen LogP contribution in [0.1, 0.15) is 46.5 Å². The van der Waals surface area contributed by atoms with Crippen LogP contribution in [0.2, 0.25) is 0 Å². The van der Waals surface area contributed by atoms with Crippen molar-refractivity contribution in [2.45, 2.75) is 58.2 Å². The second-order valence-corrected chi connectivity index (χ2v) is 5.35. The molecule has 1 saturated carbocycles. The smallest absolute Gasteiger partial charge is 0.304 e. The average molecular weight is 223 g/mol. The van der Waals surface area contributed by atoms with Crippen LogP contribution in [0.25, 0.3) is 0 Å². The minimum absolute atomic E-state index is 0.198. The summed E-state index contributed by atoms with van der Waals surface area (Å²) in [6, 6.07) is 0. The number of hydrogen-bond donors (Lipinski definition) is 1. The summed E-state index contributed by atoms with van der Waals surface area (Å²) >= 11 is 0. The van der Waals surface area contributed by atoms with E-state index in [1.54, 1.807) is 0 Å². The van der Waals surface area contributed by atoms with E-state index in [1.807, 2.05) is 20.8 Å². The zero-order valence-corrected chi connectivity index (χ0v) is 9.67. The van der Waals surface area contributed by atoms with Crippen LogP contribution < -0.4 is 5.32 Å². The molecule has 0 amide bonds. The maximum absolute atomic E-state index is 13.0. The lowest BCUT2D eigenvalue weighted by Gasteiger charge is -2.34. The van der Waals surface area contributed by atoms with Crippen LogP contribution in [-0.4, -0.2) is 18.3 Å². The summed E-state index contributed by atoms with van der Waals surface area (Å²) in [7, 11) is 0. The van der Waals surface area contributed by atoms with E-state index in [-0.39, 0.29) is 18.3 Å². The summed E-state index contributed by atoms with van der Waals surface area (Å²) in [6.07, 6.45) is -2.34. The van der Waals surface area contributed by atoms with E-state index in [0.717, 1.165) is 6.42 Å². The zero-order chi connectivity index (χ0) is 11.7. The van der Waals surface area contributed by atoms with Gasteiger partial charge in [-0.2, -0.15) is 13.2 Å². The Morgan fingerprint density at radius 2 is 1.80 bits per heavy atom. The van der Waals surface area contributed by atoms with Crippen LogP contribution in [0, 0.1) is 5.41 Å².